The molecule has 0 aromatic carbocycles. The lowest BCUT2D eigenvalue weighted by molar-refractivity contribution is -0.682. The summed E-state index contributed by atoms with van der Waals surface area (Å²) in [6.07, 6.45) is 0. The van der Waals surface area contributed by atoms with Crippen LogP contribution in [0.2, 0.25) is 0 Å². The van der Waals surface area contributed by atoms with Gasteiger partial charge < -0.3 is 12.3 Å². The summed E-state index contributed by atoms with van der Waals surface area (Å²) in [5.41, 5.74) is 0. The first kappa shape index (κ1) is 15.1. The first-order valence-corrected chi connectivity index (χ1v) is 3.52. The second-order valence-electron chi connectivity index (χ2n) is 2.54. The Labute approximate surface area is 96.4 Å². The fraction of sp³-hybridized carbons (Fsp3) is 1.00. The van der Waals surface area contributed by atoms with Gasteiger partial charge in [-0.3, -0.25) is 20.2 Å². The number of hydrogen-bond acceptors (Lipinski definition) is 14. The van der Waals surface area contributed by atoms with Crippen LogP contribution in [0.15, 0.2) is 41.4 Å². The van der Waals surface area contributed by atoms with E-state index >= 15 is 0 Å². The number of rotatable bonds is 3. The van der Waals surface area contributed by atoms with Crippen LogP contribution in [0.5, 0.6) is 0 Å². The van der Waals surface area contributed by atoms with E-state index in [0.29, 0.717) is 0 Å². The minimum absolute atomic E-state index is 0. The Hall–Kier alpha value is -2.88. The SMILES string of the molecule is N.N.O=[N+]([O-])C1(C2([N+](=O)[O-])N=NN=N2)N=NN=N1. The molecule has 0 saturated carbocycles. The van der Waals surface area contributed by atoms with Crippen molar-refractivity contribution in [2.24, 2.45) is 41.4 Å². The Morgan fingerprint density at radius 3 is 1.06 bits per heavy atom. The third-order valence-corrected chi connectivity index (χ3v) is 1.78. The van der Waals surface area contributed by atoms with E-state index in [2.05, 4.69) is 41.4 Å². The number of nitro groups is 2. The minimum atomic E-state index is -2.89. The maximum Gasteiger partial charge on any atom is 0.567 e. The molecule has 2 aliphatic rings. The molecule has 0 bridgehead atoms. The van der Waals surface area contributed by atoms with Crippen molar-refractivity contribution in [2.45, 2.75) is 11.6 Å². The molecule has 0 radical (unpaired) electrons. The summed E-state index contributed by atoms with van der Waals surface area (Å²) in [6, 6.07) is 0. The van der Waals surface area contributed by atoms with E-state index in [4.69, 9.17) is 0 Å². The van der Waals surface area contributed by atoms with Gasteiger partial charge in [0.05, 0.1) is 9.85 Å². The molecule has 16 heteroatoms. The van der Waals surface area contributed by atoms with Crippen LogP contribution in [0.1, 0.15) is 0 Å². The van der Waals surface area contributed by atoms with Crippen molar-refractivity contribution in [1.29, 1.82) is 0 Å². The summed E-state index contributed by atoms with van der Waals surface area (Å²) < 4.78 is 0. The summed E-state index contributed by atoms with van der Waals surface area (Å²) in [5.74, 6) is -5.78. The van der Waals surface area contributed by atoms with Gasteiger partial charge in [-0.25, -0.2) is 0 Å². The van der Waals surface area contributed by atoms with Gasteiger partial charge in [-0.2, -0.15) is 0 Å². The highest BCUT2D eigenvalue weighted by Gasteiger charge is 2.80. The summed E-state index contributed by atoms with van der Waals surface area (Å²) >= 11 is 0. The van der Waals surface area contributed by atoms with E-state index in [1.807, 2.05) is 0 Å². The molecule has 0 unspecified atom stereocenters. The fourth-order valence-electron chi connectivity index (χ4n) is 1.03. The van der Waals surface area contributed by atoms with Crippen molar-refractivity contribution in [1.82, 2.24) is 12.3 Å². The molecule has 0 aliphatic carbocycles. The molecule has 18 heavy (non-hydrogen) atoms. The second kappa shape index (κ2) is 4.55. The van der Waals surface area contributed by atoms with Crippen LogP contribution < -0.4 is 12.3 Å². The summed E-state index contributed by atoms with van der Waals surface area (Å²) in [7, 11) is 0. The van der Waals surface area contributed by atoms with Crippen LogP contribution in [0.4, 0.5) is 0 Å². The quantitative estimate of drug-likeness (QED) is 0.548. The van der Waals surface area contributed by atoms with E-state index in [-0.39, 0.29) is 12.3 Å². The standard InChI is InChI=1S/C2N10O4.2H3N/c13-11(14)1(3-7-8-4-1)2(12(15)16)5-9-10-6-2;;/h;2*1H3. The van der Waals surface area contributed by atoms with Crippen molar-refractivity contribution in [2.75, 3.05) is 0 Å². The van der Waals surface area contributed by atoms with Gasteiger partial charge in [0, 0.05) is 0 Å². The molecule has 0 saturated heterocycles. The highest BCUT2D eigenvalue weighted by molar-refractivity contribution is 4.93. The second-order valence-corrected chi connectivity index (χ2v) is 2.54. The first-order valence-electron chi connectivity index (χ1n) is 3.52. The van der Waals surface area contributed by atoms with Crippen LogP contribution in [0, 0.1) is 20.2 Å². The molecular weight excluding hydrogens is 256 g/mol. The van der Waals surface area contributed by atoms with Crippen molar-refractivity contribution >= 4 is 0 Å². The largest absolute Gasteiger partial charge is 0.567 e. The zero-order chi connectivity index (χ0) is 11.8. The predicted octanol–water partition coefficient (Wildman–Crippen LogP) is 0.837. The molecule has 0 aromatic rings. The maximum atomic E-state index is 10.8. The van der Waals surface area contributed by atoms with Gasteiger partial charge in [0.2, 0.25) is 0 Å². The average Bonchev–Trinajstić information content (AvgIpc) is 2.88. The molecule has 6 N–H and O–H groups in total. The lowest BCUT2D eigenvalue weighted by atomic mass is 10.2. The molecule has 2 heterocycles. The van der Waals surface area contributed by atoms with Gasteiger partial charge >= 0.3 is 11.6 Å². The van der Waals surface area contributed by atoms with E-state index in [0.717, 1.165) is 0 Å². The molecule has 0 fully saturated rings. The Morgan fingerprint density at radius 1 is 0.667 bits per heavy atom. The third kappa shape index (κ3) is 1.48. The normalized spacial score (nSPS) is 20.2. The Kier molecular flexibility index (Phi) is 3.82. The topological polar surface area (TPSA) is 255 Å². The van der Waals surface area contributed by atoms with E-state index in [9.17, 15) is 20.2 Å². The van der Waals surface area contributed by atoms with Crippen molar-refractivity contribution in [3.8, 4) is 0 Å². The maximum absolute atomic E-state index is 10.8. The lowest BCUT2D eigenvalue weighted by Gasteiger charge is -2.15. The van der Waals surface area contributed by atoms with Crippen LogP contribution in [-0.4, -0.2) is 21.4 Å². The molecular formula is C2H6N12O4. The van der Waals surface area contributed by atoms with E-state index < -0.39 is 21.4 Å². The van der Waals surface area contributed by atoms with Gasteiger partial charge in [0.25, 0.3) is 0 Å². The van der Waals surface area contributed by atoms with E-state index in [1.54, 1.807) is 0 Å². The van der Waals surface area contributed by atoms with Gasteiger partial charge in [-0.05, 0) is 20.9 Å². The zero-order valence-electron chi connectivity index (χ0n) is 8.52. The van der Waals surface area contributed by atoms with Crippen LogP contribution in [-0.2, 0) is 0 Å². The summed E-state index contributed by atoms with van der Waals surface area (Å²) in [4.78, 5) is 19.3. The van der Waals surface area contributed by atoms with Gasteiger partial charge in [-0.15, -0.1) is 0 Å². The predicted molar refractivity (Wildman–Crippen MR) is 48.9 cm³/mol. The van der Waals surface area contributed by atoms with Gasteiger partial charge in [-0.1, -0.05) is 20.5 Å². The average molecular weight is 262 g/mol. The Morgan fingerprint density at radius 2 is 0.889 bits per heavy atom. The minimum Gasteiger partial charge on any atom is -0.344 e. The monoisotopic (exact) mass is 262 g/mol. The smallest absolute Gasteiger partial charge is 0.344 e. The molecule has 0 atom stereocenters. The Balaban J connectivity index is 0.00000144. The first-order chi connectivity index (χ1) is 7.55. The third-order valence-electron chi connectivity index (χ3n) is 1.78. The van der Waals surface area contributed by atoms with Gasteiger partial charge in [0.15, 0.2) is 0 Å². The van der Waals surface area contributed by atoms with Gasteiger partial charge in [0.1, 0.15) is 0 Å². The highest BCUT2D eigenvalue weighted by atomic mass is 16.7. The molecule has 2 rings (SSSR count). The summed E-state index contributed by atoms with van der Waals surface area (Å²) in [6.45, 7) is 0. The number of nitrogens with zero attached hydrogens (tertiary/aromatic N) is 10. The summed E-state index contributed by atoms with van der Waals surface area (Å²) in [5, 5.41) is 45.0. The molecule has 0 aromatic heterocycles. The molecule has 16 nitrogen and oxygen atoms in total. The Bertz CT molecular complexity index is 406. The van der Waals surface area contributed by atoms with E-state index in [1.165, 1.54) is 0 Å². The molecule has 2 aliphatic heterocycles. The molecule has 98 valence electrons. The van der Waals surface area contributed by atoms with Crippen LogP contribution in [0.3, 0.4) is 0 Å². The number of hydrogen-bond donors (Lipinski definition) is 2. The molecule has 0 spiro atoms. The van der Waals surface area contributed by atoms with Crippen LogP contribution in [0.25, 0.3) is 0 Å². The highest BCUT2D eigenvalue weighted by Crippen LogP contribution is 2.40. The molecule has 0 amide bonds. The zero-order valence-corrected chi connectivity index (χ0v) is 8.52. The fourth-order valence-corrected chi connectivity index (χ4v) is 1.03. The van der Waals surface area contributed by atoms with Crippen molar-refractivity contribution in [3.05, 3.63) is 20.2 Å². The van der Waals surface area contributed by atoms with Crippen molar-refractivity contribution in [3.63, 3.8) is 0 Å². The van der Waals surface area contributed by atoms with Crippen LogP contribution >= 0.6 is 0 Å². The lowest BCUT2D eigenvalue weighted by Crippen LogP contribution is -2.57. The van der Waals surface area contributed by atoms with Crippen molar-refractivity contribution < 1.29 is 9.85 Å².